The third kappa shape index (κ3) is 3.60. The van der Waals surface area contributed by atoms with Crippen LogP contribution in [-0.4, -0.2) is 34.1 Å². The van der Waals surface area contributed by atoms with E-state index in [-0.39, 0.29) is 11.4 Å². The van der Waals surface area contributed by atoms with E-state index in [2.05, 4.69) is 31.6 Å². The topological polar surface area (TPSA) is 88.7 Å². The van der Waals surface area contributed by atoms with Crippen LogP contribution >= 0.6 is 15.9 Å². The van der Waals surface area contributed by atoms with E-state index in [1.807, 2.05) is 0 Å². The number of carbonyl (C=O) groups excluding carboxylic acids is 1. The first-order valence-electron chi connectivity index (χ1n) is 5.91. The number of methoxy groups -OCH3 is 1. The number of rotatable bonds is 4. The van der Waals surface area contributed by atoms with Crippen LogP contribution in [0.2, 0.25) is 0 Å². The molecule has 2 N–H and O–H groups in total. The van der Waals surface area contributed by atoms with Gasteiger partial charge in [0.25, 0.3) is 5.91 Å². The molecule has 0 saturated carbocycles. The maximum Gasteiger partial charge on any atom is 0.293 e. The van der Waals surface area contributed by atoms with E-state index in [4.69, 9.17) is 4.74 Å². The maximum absolute atomic E-state index is 11.9. The third-order valence-electron chi connectivity index (χ3n) is 2.58. The Morgan fingerprint density at radius 2 is 2.33 bits per heavy atom. The molecule has 110 valence electrons. The maximum atomic E-state index is 11.9. The van der Waals surface area contributed by atoms with Gasteiger partial charge in [-0.15, -0.1) is 0 Å². The summed E-state index contributed by atoms with van der Waals surface area (Å²) in [5.74, 6) is -0.0571. The lowest BCUT2D eigenvalue weighted by atomic mass is 10.2. The molecule has 0 aliphatic rings. The average molecular weight is 353 g/mol. The number of nitrogens with zero attached hydrogens (tertiary/aromatic N) is 3. The number of carbonyl (C=O) groups is 1. The first-order chi connectivity index (χ1) is 10.0. The molecule has 0 atom stereocenters. The van der Waals surface area contributed by atoms with Crippen molar-refractivity contribution in [3.8, 4) is 11.5 Å². The summed E-state index contributed by atoms with van der Waals surface area (Å²) in [7, 11) is 3.17. The molecule has 0 aliphatic heterocycles. The zero-order chi connectivity index (χ0) is 15.4. The lowest BCUT2D eigenvalue weighted by Gasteiger charge is -2.03. The Bertz CT molecular complexity index is 697. The number of hydrazone groups is 1. The van der Waals surface area contributed by atoms with Crippen LogP contribution in [0, 0.1) is 0 Å². The lowest BCUT2D eigenvalue weighted by Crippen LogP contribution is -2.18. The number of aryl methyl sites for hydroxylation is 1. The Balaban J connectivity index is 2.05. The number of halogens is 1. The molecule has 2 rings (SSSR count). The number of hydrogen-bond donors (Lipinski definition) is 2. The molecule has 0 unspecified atom stereocenters. The summed E-state index contributed by atoms with van der Waals surface area (Å²) in [6.45, 7) is 0. The summed E-state index contributed by atoms with van der Waals surface area (Å²) in [6.07, 6.45) is 3.11. The Morgan fingerprint density at radius 1 is 1.57 bits per heavy atom. The zero-order valence-corrected chi connectivity index (χ0v) is 13.0. The van der Waals surface area contributed by atoms with Gasteiger partial charge in [0.2, 0.25) is 0 Å². The second-order valence-electron chi connectivity index (χ2n) is 4.13. The van der Waals surface area contributed by atoms with Crippen molar-refractivity contribution in [1.29, 1.82) is 0 Å². The standard InChI is InChI=1S/C13H13BrN4O3/c1-18-7-9(14)12(17-18)13(20)16-15-6-8-3-4-10(19)11(5-8)21-2/h3-7,19H,1-2H3,(H,16,20). The van der Waals surface area contributed by atoms with Crippen LogP contribution in [0.3, 0.4) is 0 Å². The van der Waals surface area contributed by atoms with E-state index in [1.54, 1.807) is 25.4 Å². The average Bonchev–Trinajstić information content (AvgIpc) is 2.79. The summed E-state index contributed by atoms with van der Waals surface area (Å²) in [4.78, 5) is 11.9. The number of benzene rings is 1. The van der Waals surface area contributed by atoms with Gasteiger partial charge in [0.15, 0.2) is 17.2 Å². The predicted molar refractivity (Wildman–Crippen MR) is 80.6 cm³/mol. The fraction of sp³-hybridized carbons (Fsp3) is 0.154. The van der Waals surface area contributed by atoms with E-state index in [0.717, 1.165) is 0 Å². The minimum absolute atomic E-state index is 0.0381. The van der Waals surface area contributed by atoms with Crippen molar-refractivity contribution in [2.75, 3.05) is 7.11 Å². The van der Waals surface area contributed by atoms with E-state index in [1.165, 1.54) is 24.1 Å². The van der Waals surface area contributed by atoms with Crippen molar-refractivity contribution < 1.29 is 14.6 Å². The van der Waals surface area contributed by atoms with Gasteiger partial charge in [0.05, 0.1) is 17.8 Å². The quantitative estimate of drug-likeness (QED) is 0.646. The fourth-order valence-corrected chi connectivity index (χ4v) is 2.16. The molecule has 1 aromatic carbocycles. The normalized spacial score (nSPS) is 10.8. The van der Waals surface area contributed by atoms with Crippen LogP contribution in [0.1, 0.15) is 16.1 Å². The molecule has 0 saturated heterocycles. The molecule has 21 heavy (non-hydrogen) atoms. The van der Waals surface area contributed by atoms with Crippen molar-refractivity contribution in [1.82, 2.24) is 15.2 Å². The van der Waals surface area contributed by atoms with Crippen molar-refractivity contribution in [2.45, 2.75) is 0 Å². The molecular formula is C13H13BrN4O3. The molecule has 0 bridgehead atoms. The highest BCUT2D eigenvalue weighted by atomic mass is 79.9. The predicted octanol–water partition coefficient (Wildman–Crippen LogP) is 1.66. The van der Waals surface area contributed by atoms with Gasteiger partial charge in [-0.05, 0) is 39.7 Å². The number of aromatic nitrogens is 2. The molecule has 0 spiro atoms. The lowest BCUT2D eigenvalue weighted by molar-refractivity contribution is 0.0948. The van der Waals surface area contributed by atoms with Gasteiger partial charge in [-0.25, -0.2) is 5.43 Å². The van der Waals surface area contributed by atoms with Gasteiger partial charge >= 0.3 is 0 Å². The highest BCUT2D eigenvalue weighted by Gasteiger charge is 2.13. The number of ether oxygens (including phenoxy) is 1. The number of amides is 1. The number of phenolic OH excluding ortho intramolecular Hbond substituents is 1. The zero-order valence-electron chi connectivity index (χ0n) is 11.4. The number of aromatic hydroxyl groups is 1. The number of nitrogens with one attached hydrogen (secondary N) is 1. The van der Waals surface area contributed by atoms with Crippen molar-refractivity contribution in [3.05, 3.63) is 40.1 Å². The van der Waals surface area contributed by atoms with Gasteiger partial charge in [-0.1, -0.05) is 0 Å². The van der Waals surface area contributed by atoms with Gasteiger partial charge in [0, 0.05) is 13.2 Å². The van der Waals surface area contributed by atoms with E-state index in [9.17, 15) is 9.90 Å². The molecule has 0 fully saturated rings. The monoisotopic (exact) mass is 352 g/mol. The smallest absolute Gasteiger partial charge is 0.293 e. The van der Waals surface area contributed by atoms with Crippen molar-refractivity contribution >= 4 is 28.1 Å². The van der Waals surface area contributed by atoms with E-state index >= 15 is 0 Å². The summed E-state index contributed by atoms with van der Waals surface area (Å²) < 4.78 is 7.09. The Morgan fingerprint density at radius 3 is 2.95 bits per heavy atom. The highest BCUT2D eigenvalue weighted by molar-refractivity contribution is 9.10. The molecule has 2 aromatic rings. The van der Waals surface area contributed by atoms with Crippen molar-refractivity contribution in [3.63, 3.8) is 0 Å². The van der Waals surface area contributed by atoms with Gasteiger partial charge in [-0.2, -0.15) is 10.2 Å². The van der Waals surface area contributed by atoms with Crippen LogP contribution in [0.5, 0.6) is 11.5 Å². The fourth-order valence-electron chi connectivity index (χ4n) is 1.61. The minimum atomic E-state index is -0.426. The van der Waals surface area contributed by atoms with Crippen LogP contribution in [0.4, 0.5) is 0 Å². The highest BCUT2D eigenvalue weighted by Crippen LogP contribution is 2.25. The second kappa shape index (κ2) is 6.40. The second-order valence-corrected chi connectivity index (χ2v) is 4.98. The summed E-state index contributed by atoms with van der Waals surface area (Å²) in [5, 5.41) is 17.3. The molecule has 7 nitrogen and oxygen atoms in total. The Kier molecular flexibility index (Phi) is 4.59. The molecule has 1 amide bonds. The van der Waals surface area contributed by atoms with Gasteiger partial charge in [0.1, 0.15) is 0 Å². The Hall–Kier alpha value is -2.35. The number of phenols is 1. The largest absolute Gasteiger partial charge is 0.504 e. The SMILES string of the molecule is COc1cc(C=NNC(=O)c2nn(C)cc2Br)ccc1O. The minimum Gasteiger partial charge on any atom is -0.504 e. The first kappa shape index (κ1) is 15.0. The molecule has 0 radical (unpaired) electrons. The first-order valence-corrected chi connectivity index (χ1v) is 6.70. The summed E-state index contributed by atoms with van der Waals surface area (Å²) in [5.41, 5.74) is 3.29. The summed E-state index contributed by atoms with van der Waals surface area (Å²) >= 11 is 3.24. The van der Waals surface area contributed by atoms with Crippen LogP contribution in [0.15, 0.2) is 34.0 Å². The Labute approximate surface area is 129 Å². The molecule has 1 aromatic heterocycles. The summed E-state index contributed by atoms with van der Waals surface area (Å²) in [6, 6.07) is 4.73. The molecule has 8 heteroatoms. The number of hydrogen-bond acceptors (Lipinski definition) is 5. The van der Waals surface area contributed by atoms with E-state index < -0.39 is 5.91 Å². The van der Waals surface area contributed by atoms with Crippen LogP contribution < -0.4 is 10.2 Å². The van der Waals surface area contributed by atoms with Gasteiger partial charge in [-0.3, -0.25) is 9.48 Å². The molecular weight excluding hydrogens is 340 g/mol. The van der Waals surface area contributed by atoms with Crippen molar-refractivity contribution in [2.24, 2.45) is 12.1 Å². The van der Waals surface area contributed by atoms with E-state index in [0.29, 0.717) is 15.8 Å². The third-order valence-corrected chi connectivity index (χ3v) is 3.16. The van der Waals surface area contributed by atoms with Gasteiger partial charge < -0.3 is 9.84 Å². The molecule has 1 heterocycles. The molecule has 0 aliphatic carbocycles. The van der Waals surface area contributed by atoms with Crippen LogP contribution in [0.25, 0.3) is 0 Å². The van der Waals surface area contributed by atoms with Crippen LogP contribution in [-0.2, 0) is 7.05 Å².